The number of anilines is 1. The van der Waals surface area contributed by atoms with Gasteiger partial charge in [-0.05, 0) is 42.5 Å². The zero-order valence-electron chi connectivity index (χ0n) is 16.6. The first-order valence-corrected chi connectivity index (χ1v) is 10.6. The first-order valence-electron chi connectivity index (χ1n) is 10.6. The Morgan fingerprint density at radius 1 is 0.967 bits per heavy atom. The average Bonchev–Trinajstić information content (AvgIpc) is 3.45. The van der Waals surface area contributed by atoms with Crippen molar-refractivity contribution < 1.29 is 5.11 Å². The van der Waals surface area contributed by atoms with Gasteiger partial charge in [0.15, 0.2) is 0 Å². The Morgan fingerprint density at radius 2 is 1.83 bits per heavy atom. The number of nitrogens with zero attached hydrogens (tertiary/aromatic N) is 3. The minimum absolute atomic E-state index is 0.0535. The highest BCUT2D eigenvalue weighted by molar-refractivity contribution is 5.93. The number of aliphatic hydroxyl groups excluding tert-OH is 1. The molecule has 0 spiro atoms. The van der Waals surface area contributed by atoms with E-state index in [9.17, 15) is 9.90 Å². The summed E-state index contributed by atoms with van der Waals surface area (Å²) in [6.45, 7) is 1.36. The Balaban J connectivity index is 1.39. The maximum atomic E-state index is 13.5. The Labute approximate surface area is 174 Å². The number of aliphatic hydroxyl groups is 1. The highest BCUT2D eigenvalue weighted by atomic mass is 16.3. The van der Waals surface area contributed by atoms with Gasteiger partial charge in [0.25, 0.3) is 5.56 Å². The molecule has 1 N–H and O–H groups in total. The minimum Gasteiger partial charge on any atom is -0.391 e. The summed E-state index contributed by atoms with van der Waals surface area (Å²) >= 11 is 0. The van der Waals surface area contributed by atoms with Crippen LogP contribution in [0.1, 0.15) is 30.5 Å². The second-order valence-corrected chi connectivity index (χ2v) is 8.50. The van der Waals surface area contributed by atoms with Crippen LogP contribution in [0.4, 0.5) is 5.69 Å². The molecule has 1 saturated heterocycles. The second kappa shape index (κ2) is 6.67. The van der Waals surface area contributed by atoms with Gasteiger partial charge in [0, 0.05) is 42.3 Å². The lowest BCUT2D eigenvalue weighted by atomic mass is 10.1. The van der Waals surface area contributed by atoms with Crippen LogP contribution in [-0.2, 0) is 0 Å². The standard InChI is InChI=1S/C25H23N3O2/c29-18-11-12-27(15-18)22-7-3-5-17-10-13-28(25(30)24(17)22)23-14-19(23)21-9-8-16-4-1-2-6-20(16)26-21/h1-10,13,18-19,23,29H,11-12,14-15H2/t18-,19?,23?/m0/s1. The zero-order valence-corrected chi connectivity index (χ0v) is 16.6. The Kier molecular flexibility index (Phi) is 3.93. The van der Waals surface area contributed by atoms with E-state index in [1.807, 2.05) is 53.2 Å². The van der Waals surface area contributed by atoms with E-state index in [1.165, 1.54) is 0 Å². The highest BCUT2D eigenvalue weighted by Crippen LogP contribution is 2.50. The van der Waals surface area contributed by atoms with E-state index in [0.717, 1.165) is 52.4 Å². The summed E-state index contributed by atoms with van der Waals surface area (Å²) < 4.78 is 1.89. The summed E-state index contributed by atoms with van der Waals surface area (Å²) in [5.41, 5.74) is 3.05. The van der Waals surface area contributed by atoms with E-state index in [1.54, 1.807) is 0 Å². The maximum absolute atomic E-state index is 13.5. The molecule has 2 unspecified atom stereocenters. The van der Waals surface area contributed by atoms with Crippen molar-refractivity contribution in [3.05, 3.63) is 82.9 Å². The van der Waals surface area contributed by atoms with Gasteiger partial charge in [-0.25, -0.2) is 0 Å². The number of benzene rings is 2. The second-order valence-electron chi connectivity index (χ2n) is 8.50. The number of fused-ring (bicyclic) bond motifs is 2. The molecule has 0 bridgehead atoms. The molecule has 150 valence electrons. The molecule has 4 aromatic rings. The van der Waals surface area contributed by atoms with Gasteiger partial charge in [-0.2, -0.15) is 0 Å². The van der Waals surface area contributed by atoms with E-state index in [4.69, 9.17) is 4.98 Å². The quantitative estimate of drug-likeness (QED) is 0.571. The van der Waals surface area contributed by atoms with Crippen LogP contribution in [-0.4, -0.2) is 33.9 Å². The van der Waals surface area contributed by atoms with Crippen molar-refractivity contribution >= 4 is 27.4 Å². The SMILES string of the molecule is O=c1c2c(N3CC[C@H](O)C3)cccc2ccn1C1CC1c1ccc2ccccc2n1. The van der Waals surface area contributed by atoms with Crippen LogP contribution in [0.5, 0.6) is 0 Å². The van der Waals surface area contributed by atoms with Crippen molar-refractivity contribution in [2.45, 2.75) is 30.9 Å². The Hall–Kier alpha value is -3.18. The fourth-order valence-corrected chi connectivity index (χ4v) is 4.87. The predicted molar refractivity (Wildman–Crippen MR) is 119 cm³/mol. The van der Waals surface area contributed by atoms with Gasteiger partial charge in [-0.1, -0.05) is 36.4 Å². The third-order valence-corrected chi connectivity index (χ3v) is 6.56. The normalized spacial score (nSPS) is 23.4. The molecule has 1 aliphatic heterocycles. The highest BCUT2D eigenvalue weighted by Gasteiger charge is 2.42. The van der Waals surface area contributed by atoms with Gasteiger partial charge in [0.2, 0.25) is 0 Å². The Bertz CT molecular complexity index is 1330. The number of para-hydroxylation sites is 1. The Morgan fingerprint density at radius 3 is 2.70 bits per heavy atom. The molecule has 1 saturated carbocycles. The molecular weight excluding hydrogens is 374 g/mol. The third-order valence-electron chi connectivity index (χ3n) is 6.56. The van der Waals surface area contributed by atoms with Gasteiger partial charge >= 0.3 is 0 Å². The van der Waals surface area contributed by atoms with Crippen molar-refractivity contribution in [1.82, 2.24) is 9.55 Å². The van der Waals surface area contributed by atoms with Gasteiger partial charge in [0.05, 0.1) is 22.7 Å². The number of pyridine rings is 2. The van der Waals surface area contributed by atoms with Crippen LogP contribution in [0.15, 0.2) is 71.7 Å². The number of β-amino-alcohol motifs (C(OH)–C–C–N with tert-alkyl or cyclic N) is 1. The lowest BCUT2D eigenvalue weighted by molar-refractivity contribution is 0.198. The van der Waals surface area contributed by atoms with E-state index in [2.05, 4.69) is 23.1 Å². The summed E-state index contributed by atoms with van der Waals surface area (Å²) in [6, 6.07) is 20.5. The summed E-state index contributed by atoms with van der Waals surface area (Å²) in [5.74, 6) is 0.269. The van der Waals surface area contributed by atoms with Gasteiger partial charge in [0.1, 0.15) is 0 Å². The third kappa shape index (κ3) is 2.81. The van der Waals surface area contributed by atoms with E-state index in [-0.39, 0.29) is 23.6 Å². The molecule has 0 amide bonds. The fraction of sp³-hybridized carbons (Fsp3) is 0.280. The topological polar surface area (TPSA) is 58.4 Å². The number of hydrogen-bond donors (Lipinski definition) is 1. The van der Waals surface area contributed by atoms with Crippen LogP contribution in [0.25, 0.3) is 21.7 Å². The predicted octanol–water partition coefficient (Wildman–Crippen LogP) is 3.85. The summed E-state index contributed by atoms with van der Waals surface area (Å²) in [5, 5.41) is 12.8. The van der Waals surface area contributed by atoms with Gasteiger partial charge in [-0.15, -0.1) is 0 Å². The van der Waals surface area contributed by atoms with E-state index in [0.29, 0.717) is 6.54 Å². The maximum Gasteiger partial charge on any atom is 0.260 e. The first kappa shape index (κ1) is 17.7. The average molecular weight is 397 g/mol. The summed E-state index contributed by atoms with van der Waals surface area (Å²) in [4.78, 5) is 20.5. The van der Waals surface area contributed by atoms with Gasteiger partial charge in [-0.3, -0.25) is 9.78 Å². The van der Waals surface area contributed by atoms with Crippen molar-refractivity contribution in [3.63, 3.8) is 0 Å². The van der Waals surface area contributed by atoms with E-state index < -0.39 is 0 Å². The molecule has 2 aromatic heterocycles. The van der Waals surface area contributed by atoms with Crippen molar-refractivity contribution in [2.24, 2.45) is 0 Å². The smallest absolute Gasteiger partial charge is 0.260 e. The molecule has 2 aromatic carbocycles. The number of aromatic nitrogens is 2. The van der Waals surface area contributed by atoms with E-state index >= 15 is 0 Å². The van der Waals surface area contributed by atoms with Crippen LogP contribution < -0.4 is 10.5 Å². The van der Waals surface area contributed by atoms with Crippen LogP contribution in [0.2, 0.25) is 0 Å². The molecule has 6 rings (SSSR count). The molecular formula is C25H23N3O2. The van der Waals surface area contributed by atoms with Crippen molar-refractivity contribution in [3.8, 4) is 0 Å². The largest absolute Gasteiger partial charge is 0.391 e. The molecule has 5 nitrogen and oxygen atoms in total. The monoisotopic (exact) mass is 397 g/mol. The number of rotatable bonds is 3. The summed E-state index contributed by atoms with van der Waals surface area (Å²) in [7, 11) is 0. The molecule has 0 radical (unpaired) electrons. The lowest BCUT2D eigenvalue weighted by Crippen LogP contribution is -2.25. The number of hydrogen-bond acceptors (Lipinski definition) is 4. The molecule has 2 fully saturated rings. The molecule has 3 atom stereocenters. The van der Waals surface area contributed by atoms with Crippen molar-refractivity contribution in [1.29, 1.82) is 0 Å². The molecule has 1 aliphatic carbocycles. The van der Waals surface area contributed by atoms with Crippen LogP contribution in [0.3, 0.4) is 0 Å². The van der Waals surface area contributed by atoms with Crippen LogP contribution in [0, 0.1) is 0 Å². The van der Waals surface area contributed by atoms with Crippen LogP contribution >= 0.6 is 0 Å². The molecule has 5 heteroatoms. The molecule has 3 heterocycles. The minimum atomic E-state index is -0.321. The zero-order chi connectivity index (χ0) is 20.2. The first-order chi connectivity index (χ1) is 14.7. The molecule has 30 heavy (non-hydrogen) atoms. The summed E-state index contributed by atoms with van der Waals surface area (Å²) in [6.07, 6.45) is 3.29. The molecule has 2 aliphatic rings. The fourth-order valence-electron chi connectivity index (χ4n) is 4.87. The van der Waals surface area contributed by atoms with Crippen molar-refractivity contribution in [2.75, 3.05) is 18.0 Å². The van der Waals surface area contributed by atoms with Gasteiger partial charge < -0.3 is 14.6 Å². The lowest BCUT2D eigenvalue weighted by Gasteiger charge is -2.20.